The number of aliphatic hydroxyl groups excluding tert-OH is 1. The molecular weight excluding hydrogens is 180 g/mol. The highest BCUT2D eigenvalue weighted by Crippen LogP contribution is 2.29. The molecule has 0 amide bonds. The number of phenols is 2. The Morgan fingerprint density at radius 3 is 2.43 bits per heavy atom. The van der Waals surface area contributed by atoms with Crippen LogP contribution in [-0.4, -0.2) is 15.3 Å². The van der Waals surface area contributed by atoms with Gasteiger partial charge in [-0.1, -0.05) is 12.1 Å². The van der Waals surface area contributed by atoms with Crippen LogP contribution in [0.15, 0.2) is 30.3 Å². The quantitative estimate of drug-likeness (QED) is 0.642. The molecule has 0 aliphatic heterocycles. The van der Waals surface area contributed by atoms with Crippen LogP contribution in [0.25, 0.3) is 10.8 Å². The van der Waals surface area contributed by atoms with Gasteiger partial charge < -0.3 is 15.3 Å². The molecule has 0 saturated carbocycles. The van der Waals surface area contributed by atoms with Gasteiger partial charge in [-0.25, -0.2) is 0 Å². The first-order chi connectivity index (χ1) is 6.72. The number of hydrogen-bond donors (Lipinski definition) is 3. The summed E-state index contributed by atoms with van der Waals surface area (Å²) in [7, 11) is 0. The van der Waals surface area contributed by atoms with Gasteiger partial charge >= 0.3 is 0 Å². The van der Waals surface area contributed by atoms with E-state index in [2.05, 4.69) is 0 Å². The summed E-state index contributed by atoms with van der Waals surface area (Å²) < 4.78 is 0. The minimum Gasteiger partial charge on any atom is -0.508 e. The smallest absolute Gasteiger partial charge is 0.121 e. The van der Waals surface area contributed by atoms with Gasteiger partial charge in [0.15, 0.2) is 0 Å². The van der Waals surface area contributed by atoms with Crippen molar-refractivity contribution in [2.75, 3.05) is 0 Å². The molecule has 0 atom stereocenters. The maximum absolute atomic E-state index is 9.46. The van der Waals surface area contributed by atoms with Crippen molar-refractivity contribution in [1.82, 2.24) is 0 Å². The van der Waals surface area contributed by atoms with E-state index < -0.39 is 0 Å². The molecule has 0 radical (unpaired) electrons. The number of phenolic OH excluding ortho intramolecular Hbond substituents is 1. The Bertz CT molecular complexity index is 472. The summed E-state index contributed by atoms with van der Waals surface area (Å²) in [6, 6.07) is 8.11. The molecule has 2 rings (SSSR count). The fraction of sp³-hybridized carbons (Fsp3) is 0.0909. The highest BCUT2D eigenvalue weighted by molar-refractivity contribution is 5.88. The Balaban J connectivity index is 2.84. The van der Waals surface area contributed by atoms with Crippen molar-refractivity contribution in [3.63, 3.8) is 0 Å². The first-order valence-corrected chi connectivity index (χ1v) is 4.27. The number of aromatic hydroxyl groups is 2. The zero-order chi connectivity index (χ0) is 10.1. The molecule has 0 fully saturated rings. The Morgan fingerprint density at radius 1 is 1.00 bits per heavy atom. The Morgan fingerprint density at radius 2 is 1.71 bits per heavy atom. The standard InChI is InChI=1S/C11H10O3/c12-6-10-9-5-8(13)3-1-7(9)2-4-11(10)14/h1-5,12-14H,6H2. The zero-order valence-electron chi connectivity index (χ0n) is 7.44. The van der Waals surface area contributed by atoms with Crippen molar-refractivity contribution in [3.05, 3.63) is 35.9 Å². The lowest BCUT2D eigenvalue weighted by Gasteiger charge is -2.06. The van der Waals surface area contributed by atoms with Crippen LogP contribution in [0.1, 0.15) is 5.56 Å². The van der Waals surface area contributed by atoms with Crippen LogP contribution in [0.3, 0.4) is 0 Å². The van der Waals surface area contributed by atoms with E-state index in [-0.39, 0.29) is 18.1 Å². The van der Waals surface area contributed by atoms with Gasteiger partial charge in [-0.05, 0) is 29.0 Å². The summed E-state index contributed by atoms with van der Waals surface area (Å²) in [6.07, 6.45) is 0. The molecule has 3 nitrogen and oxygen atoms in total. The van der Waals surface area contributed by atoms with Gasteiger partial charge in [-0.2, -0.15) is 0 Å². The molecule has 3 N–H and O–H groups in total. The van der Waals surface area contributed by atoms with E-state index in [0.717, 1.165) is 5.39 Å². The van der Waals surface area contributed by atoms with Crippen LogP contribution in [0.2, 0.25) is 0 Å². The second-order valence-corrected chi connectivity index (χ2v) is 3.13. The normalized spacial score (nSPS) is 10.6. The van der Waals surface area contributed by atoms with Crippen LogP contribution in [0.4, 0.5) is 0 Å². The van der Waals surface area contributed by atoms with Crippen LogP contribution in [0, 0.1) is 0 Å². The number of rotatable bonds is 1. The number of benzene rings is 2. The topological polar surface area (TPSA) is 60.7 Å². The molecule has 2 aromatic rings. The molecule has 0 spiro atoms. The van der Waals surface area contributed by atoms with Crippen molar-refractivity contribution in [1.29, 1.82) is 0 Å². The molecule has 0 aliphatic carbocycles. The molecule has 3 heteroatoms. The third kappa shape index (κ3) is 1.28. The number of aliphatic hydroxyl groups is 1. The molecule has 0 aliphatic rings. The molecule has 0 unspecified atom stereocenters. The van der Waals surface area contributed by atoms with Gasteiger partial charge in [0.05, 0.1) is 6.61 Å². The second-order valence-electron chi connectivity index (χ2n) is 3.13. The predicted molar refractivity (Wildman–Crippen MR) is 53.2 cm³/mol. The molecule has 2 aromatic carbocycles. The lowest BCUT2D eigenvalue weighted by molar-refractivity contribution is 0.277. The molecule has 72 valence electrons. The molecule has 0 aromatic heterocycles. The maximum Gasteiger partial charge on any atom is 0.121 e. The van der Waals surface area contributed by atoms with Gasteiger partial charge in [0.1, 0.15) is 11.5 Å². The minimum atomic E-state index is -0.243. The van der Waals surface area contributed by atoms with Crippen LogP contribution < -0.4 is 0 Å². The van der Waals surface area contributed by atoms with E-state index >= 15 is 0 Å². The number of fused-ring (bicyclic) bond motifs is 1. The molecule has 0 heterocycles. The Kier molecular flexibility index (Phi) is 2.02. The van der Waals surface area contributed by atoms with Crippen molar-refractivity contribution < 1.29 is 15.3 Å². The first-order valence-electron chi connectivity index (χ1n) is 4.27. The number of hydrogen-bond acceptors (Lipinski definition) is 3. The highest BCUT2D eigenvalue weighted by Gasteiger charge is 2.05. The fourth-order valence-corrected chi connectivity index (χ4v) is 1.52. The van der Waals surface area contributed by atoms with Crippen LogP contribution >= 0.6 is 0 Å². The average Bonchev–Trinajstić information content (AvgIpc) is 2.17. The third-order valence-corrected chi connectivity index (χ3v) is 2.25. The van der Waals surface area contributed by atoms with Gasteiger partial charge in [-0.15, -0.1) is 0 Å². The van der Waals surface area contributed by atoms with Crippen molar-refractivity contribution in [2.45, 2.75) is 6.61 Å². The first kappa shape index (κ1) is 8.84. The van der Waals surface area contributed by atoms with Gasteiger partial charge in [-0.3, -0.25) is 0 Å². The van der Waals surface area contributed by atoms with Crippen LogP contribution in [-0.2, 0) is 6.61 Å². The van der Waals surface area contributed by atoms with E-state index in [1.54, 1.807) is 18.2 Å². The molecule has 0 bridgehead atoms. The summed E-state index contributed by atoms with van der Waals surface area (Å²) in [5.74, 6) is 0.170. The minimum absolute atomic E-state index is 0.0469. The third-order valence-electron chi connectivity index (χ3n) is 2.25. The van der Waals surface area contributed by atoms with Crippen molar-refractivity contribution >= 4 is 10.8 Å². The lowest BCUT2D eigenvalue weighted by Crippen LogP contribution is -1.86. The van der Waals surface area contributed by atoms with E-state index in [1.165, 1.54) is 12.1 Å². The Labute approximate surface area is 80.9 Å². The van der Waals surface area contributed by atoms with E-state index in [9.17, 15) is 10.2 Å². The summed E-state index contributed by atoms with van der Waals surface area (Å²) in [6.45, 7) is -0.243. The fourth-order valence-electron chi connectivity index (χ4n) is 1.52. The average molecular weight is 190 g/mol. The van der Waals surface area contributed by atoms with Gasteiger partial charge in [0.2, 0.25) is 0 Å². The van der Waals surface area contributed by atoms with Crippen molar-refractivity contribution in [2.24, 2.45) is 0 Å². The van der Waals surface area contributed by atoms with E-state index in [4.69, 9.17) is 5.11 Å². The monoisotopic (exact) mass is 190 g/mol. The summed E-state index contributed by atoms with van der Waals surface area (Å²) >= 11 is 0. The maximum atomic E-state index is 9.46. The second kappa shape index (κ2) is 3.20. The van der Waals surface area contributed by atoms with Gasteiger partial charge in [0.25, 0.3) is 0 Å². The predicted octanol–water partition coefficient (Wildman–Crippen LogP) is 1.74. The molecule has 0 saturated heterocycles. The zero-order valence-corrected chi connectivity index (χ0v) is 7.44. The van der Waals surface area contributed by atoms with E-state index in [1.807, 2.05) is 0 Å². The van der Waals surface area contributed by atoms with Gasteiger partial charge in [0, 0.05) is 5.56 Å². The summed E-state index contributed by atoms with van der Waals surface area (Å²) in [5, 5.41) is 29.4. The molecule has 14 heavy (non-hydrogen) atoms. The largest absolute Gasteiger partial charge is 0.508 e. The van der Waals surface area contributed by atoms with E-state index in [0.29, 0.717) is 10.9 Å². The highest BCUT2D eigenvalue weighted by atomic mass is 16.3. The summed E-state index contributed by atoms with van der Waals surface area (Å²) in [4.78, 5) is 0. The van der Waals surface area contributed by atoms with Crippen molar-refractivity contribution in [3.8, 4) is 11.5 Å². The lowest BCUT2D eigenvalue weighted by atomic mass is 10.0. The SMILES string of the molecule is OCc1c(O)ccc2ccc(O)cc12. The summed E-state index contributed by atoms with van der Waals surface area (Å²) in [5.41, 5.74) is 0.443. The Hall–Kier alpha value is -1.74. The van der Waals surface area contributed by atoms with Crippen LogP contribution in [0.5, 0.6) is 11.5 Å². The molecular formula is C11H10O3.